The Morgan fingerprint density at radius 2 is 1.81 bits per heavy atom. The number of aromatic nitrogens is 1. The highest BCUT2D eigenvalue weighted by atomic mass is 16.5. The van der Waals surface area contributed by atoms with Crippen LogP contribution in [-0.2, 0) is 9.59 Å². The summed E-state index contributed by atoms with van der Waals surface area (Å²) < 4.78 is 5.56. The van der Waals surface area contributed by atoms with E-state index < -0.39 is 17.5 Å². The third-order valence-electron chi connectivity index (χ3n) is 4.36. The van der Waals surface area contributed by atoms with Crippen LogP contribution in [0.2, 0.25) is 0 Å². The number of carbonyl (C=O) groups is 3. The number of carboxylic acid groups (broad SMARTS) is 2. The molecule has 1 aliphatic heterocycles. The van der Waals surface area contributed by atoms with Crippen LogP contribution in [0.15, 0.2) is 42.6 Å². The lowest BCUT2D eigenvalue weighted by molar-refractivity contribution is -0.156. The van der Waals surface area contributed by atoms with Gasteiger partial charge in [-0.15, -0.1) is 0 Å². The molecule has 2 heterocycles. The van der Waals surface area contributed by atoms with E-state index in [1.807, 2.05) is 0 Å². The summed E-state index contributed by atoms with van der Waals surface area (Å²) in [6, 6.07) is 9.58. The summed E-state index contributed by atoms with van der Waals surface area (Å²) in [5.41, 5.74) is -1.06. The van der Waals surface area contributed by atoms with Gasteiger partial charge in [-0.05, 0) is 43.2 Å². The number of hydrogen-bond acceptors (Lipinski definition) is 6. The van der Waals surface area contributed by atoms with Gasteiger partial charge in [0.25, 0.3) is 0 Å². The number of hydrogen-bond donors (Lipinski definition) is 2. The zero-order chi connectivity index (χ0) is 18.7. The van der Waals surface area contributed by atoms with Gasteiger partial charge in [-0.2, -0.15) is 0 Å². The quantitative estimate of drug-likeness (QED) is 0.597. The van der Waals surface area contributed by atoms with E-state index in [4.69, 9.17) is 4.74 Å². The van der Waals surface area contributed by atoms with Crippen LogP contribution in [0.5, 0.6) is 11.6 Å². The average Bonchev–Trinajstić information content (AvgIpc) is 3.09. The molecule has 1 aliphatic rings. The van der Waals surface area contributed by atoms with Crippen LogP contribution < -0.4 is 9.64 Å². The predicted octanol–water partition coefficient (Wildman–Crippen LogP) is 2.19. The third-order valence-corrected chi connectivity index (χ3v) is 4.36. The van der Waals surface area contributed by atoms with Gasteiger partial charge in [-0.1, -0.05) is 0 Å². The van der Waals surface area contributed by atoms with Gasteiger partial charge in [0.1, 0.15) is 12.0 Å². The van der Waals surface area contributed by atoms with E-state index in [1.165, 1.54) is 17.2 Å². The van der Waals surface area contributed by atoms with Gasteiger partial charge in [-0.25, -0.2) is 14.6 Å². The highest BCUT2D eigenvalue weighted by Gasteiger charge is 2.54. The van der Waals surface area contributed by atoms with E-state index in [2.05, 4.69) is 4.98 Å². The monoisotopic (exact) mass is 356 g/mol. The molecule has 0 bridgehead atoms. The molecule has 0 spiro atoms. The maximum Gasteiger partial charge on any atom is 0.341 e. The molecule has 0 unspecified atom stereocenters. The number of pyridine rings is 1. The average molecular weight is 356 g/mol. The number of aliphatic carboxylic acids is 2. The molecule has 0 saturated carbocycles. The second-order valence-corrected chi connectivity index (χ2v) is 5.87. The number of rotatable bonds is 6. The van der Waals surface area contributed by atoms with Crippen molar-refractivity contribution in [2.45, 2.75) is 18.4 Å². The Morgan fingerprint density at radius 3 is 2.35 bits per heavy atom. The van der Waals surface area contributed by atoms with Crippen molar-refractivity contribution >= 4 is 23.9 Å². The van der Waals surface area contributed by atoms with Gasteiger partial charge >= 0.3 is 11.9 Å². The van der Waals surface area contributed by atoms with Gasteiger partial charge in [0.15, 0.2) is 0 Å². The van der Waals surface area contributed by atoms with E-state index in [0.717, 1.165) is 6.29 Å². The molecule has 1 saturated heterocycles. The van der Waals surface area contributed by atoms with Crippen molar-refractivity contribution in [3.63, 3.8) is 0 Å². The van der Waals surface area contributed by atoms with Crippen molar-refractivity contribution < 1.29 is 29.3 Å². The number of carboxylic acids is 2. The van der Waals surface area contributed by atoms with Crippen molar-refractivity contribution in [2.75, 3.05) is 11.4 Å². The fourth-order valence-electron chi connectivity index (χ4n) is 3.03. The Bertz CT molecular complexity index is 818. The lowest BCUT2D eigenvalue weighted by Gasteiger charge is -2.32. The lowest BCUT2D eigenvalue weighted by Crippen LogP contribution is -2.57. The van der Waals surface area contributed by atoms with Crippen LogP contribution in [0, 0.1) is 0 Å². The van der Waals surface area contributed by atoms with E-state index in [1.54, 1.807) is 30.3 Å². The summed E-state index contributed by atoms with van der Waals surface area (Å²) >= 11 is 0. The molecule has 0 amide bonds. The highest BCUT2D eigenvalue weighted by Crippen LogP contribution is 2.35. The van der Waals surface area contributed by atoms with Gasteiger partial charge in [-0.3, -0.25) is 4.79 Å². The predicted molar refractivity (Wildman–Crippen MR) is 90.7 cm³/mol. The first-order valence-corrected chi connectivity index (χ1v) is 7.91. The molecule has 134 valence electrons. The largest absolute Gasteiger partial charge is 0.479 e. The topological polar surface area (TPSA) is 117 Å². The summed E-state index contributed by atoms with van der Waals surface area (Å²) in [4.78, 5) is 39.3. The van der Waals surface area contributed by atoms with Crippen molar-refractivity contribution in [1.82, 2.24) is 4.98 Å². The summed E-state index contributed by atoms with van der Waals surface area (Å²) in [6.45, 7) is 0.313. The van der Waals surface area contributed by atoms with Gasteiger partial charge in [0, 0.05) is 18.2 Å². The molecule has 2 N–H and O–H groups in total. The first-order chi connectivity index (χ1) is 12.5. The second-order valence-electron chi connectivity index (χ2n) is 5.87. The number of anilines is 1. The molecule has 8 heteroatoms. The van der Waals surface area contributed by atoms with Crippen LogP contribution in [0.3, 0.4) is 0 Å². The molecule has 1 aromatic carbocycles. The molecule has 3 rings (SSSR count). The molecular weight excluding hydrogens is 340 g/mol. The molecule has 8 nitrogen and oxygen atoms in total. The Hall–Kier alpha value is -3.42. The molecule has 0 atom stereocenters. The standard InChI is InChI=1S/C18H16N2O6/c21-11-12-2-5-14(6-3-12)26-15-7-4-13(10-19-15)20-9-1-8-18(20,16(22)23)17(24)25/h2-7,10-11H,1,8-9H2,(H,22,23)(H,24,25). The van der Waals surface area contributed by atoms with Gasteiger partial charge in [0.05, 0.1) is 11.9 Å². The summed E-state index contributed by atoms with van der Waals surface area (Å²) in [5.74, 6) is -2.03. The smallest absolute Gasteiger partial charge is 0.341 e. The molecule has 1 fully saturated rings. The van der Waals surface area contributed by atoms with E-state index in [9.17, 15) is 24.6 Å². The molecule has 2 aromatic rings. The summed E-state index contributed by atoms with van der Waals surface area (Å²) in [6.07, 6.45) is 2.60. The summed E-state index contributed by atoms with van der Waals surface area (Å²) in [7, 11) is 0. The normalized spacial score (nSPS) is 15.5. The zero-order valence-corrected chi connectivity index (χ0v) is 13.7. The fourth-order valence-corrected chi connectivity index (χ4v) is 3.03. The van der Waals surface area contributed by atoms with E-state index in [-0.39, 0.29) is 12.3 Å². The number of nitrogens with zero attached hydrogens (tertiary/aromatic N) is 2. The fraction of sp³-hybridized carbons (Fsp3) is 0.222. The zero-order valence-electron chi connectivity index (χ0n) is 13.7. The Labute approximate surface area is 148 Å². The van der Waals surface area contributed by atoms with Crippen LogP contribution in [0.25, 0.3) is 0 Å². The number of benzene rings is 1. The molecule has 0 radical (unpaired) electrons. The number of carbonyl (C=O) groups excluding carboxylic acids is 1. The van der Waals surface area contributed by atoms with Gasteiger partial charge in [0.2, 0.25) is 11.4 Å². The van der Waals surface area contributed by atoms with E-state index >= 15 is 0 Å². The Balaban J connectivity index is 1.81. The van der Waals surface area contributed by atoms with Crippen LogP contribution in [0.4, 0.5) is 5.69 Å². The molecular formula is C18H16N2O6. The molecule has 1 aromatic heterocycles. The molecule has 26 heavy (non-hydrogen) atoms. The first kappa shape index (κ1) is 17.4. The van der Waals surface area contributed by atoms with E-state index in [0.29, 0.717) is 30.0 Å². The number of aldehydes is 1. The minimum atomic E-state index is -1.98. The SMILES string of the molecule is O=Cc1ccc(Oc2ccc(N3CCCC3(C(=O)O)C(=O)O)cn2)cc1. The van der Waals surface area contributed by atoms with Crippen molar-refractivity contribution in [2.24, 2.45) is 0 Å². The van der Waals surface area contributed by atoms with Crippen LogP contribution in [0.1, 0.15) is 23.2 Å². The minimum absolute atomic E-state index is 0.0268. The molecule has 0 aliphatic carbocycles. The Kier molecular flexibility index (Phi) is 4.57. The minimum Gasteiger partial charge on any atom is -0.479 e. The van der Waals surface area contributed by atoms with Gasteiger partial charge < -0.3 is 19.8 Å². The van der Waals surface area contributed by atoms with Crippen molar-refractivity contribution in [3.8, 4) is 11.6 Å². The maximum absolute atomic E-state index is 11.6. The van der Waals surface area contributed by atoms with Crippen LogP contribution in [-0.4, -0.2) is 45.5 Å². The second kappa shape index (κ2) is 6.83. The number of ether oxygens (including phenoxy) is 1. The first-order valence-electron chi connectivity index (χ1n) is 7.91. The van der Waals surface area contributed by atoms with Crippen molar-refractivity contribution in [1.29, 1.82) is 0 Å². The highest BCUT2D eigenvalue weighted by molar-refractivity contribution is 6.07. The Morgan fingerprint density at radius 1 is 1.12 bits per heavy atom. The maximum atomic E-state index is 11.6. The lowest BCUT2D eigenvalue weighted by atomic mass is 9.96. The summed E-state index contributed by atoms with van der Waals surface area (Å²) in [5, 5.41) is 18.9. The van der Waals surface area contributed by atoms with Crippen molar-refractivity contribution in [3.05, 3.63) is 48.2 Å². The van der Waals surface area contributed by atoms with Crippen LogP contribution >= 0.6 is 0 Å². The third kappa shape index (κ3) is 2.97.